The maximum absolute atomic E-state index is 9.42. The third-order valence-corrected chi connectivity index (χ3v) is 8.12. The van der Waals surface area contributed by atoms with Crippen LogP contribution < -0.4 is 4.90 Å². The molecule has 0 saturated heterocycles. The minimum absolute atomic E-state index is 0.653. The monoisotopic (exact) mass is 574 g/mol. The molecule has 0 aromatic heterocycles. The first-order valence-electron chi connectivity index (χ1n) is 15.1. The highest BCUT2D eigenvalue weighted by molar-refractivity contribution is 5.95. The molecule has 0 N–H and O–H groups in total. The Morgan fingerprint density at radius 3 is 1.02 bits per heavy atom. The number of nitriles is 1. The van der Waals surface area contributed by atoms with E-state index in [2.05, 4.69) is 150 Å². The summed E-state index contributed by atoms with van der Waals surface area (Å²) in [4.78, 5) is 2.28. The lowest BCUT2D eigenvalue weighted by atomic mass is 9.85. The molecule has 0 aliphatic carbocycles. The van der Waals surface area contributed by atoms with Gasteiger partial charge in [0, 0.05) is 17.1 Å². The second kappa shape index (κ2) is 12.6. The second-order valence-electron chi connectivity index (χ2n) is 10.9. The van der Waals surface area contributed by atoms with Gasteiger partial charge in [-0.2, -0.15) is 5.26 Å². The summed E-state index contributed by atoms with van der Waals surface area (Å²) in [7, 11) is 0. The van der Waals surface area contributed by atoms with Gasteiger partial charge in [0.1, 0.15) is 0 Å². The van der Waals surface area contributed by atoms with Gasteiger partial charge >= 0.3 is 0 Å². The predicted octanol–water partition coefficient (Wildman–Crippen LogP) is 11.7. The summed E-state index contributed by atoms with van der Waals surface area (Å²) < 4.78 is 0. The summed E-state index contributed by atoms with van der Waals surface area (Å²) in [5.74, 6) is 0. The van der Waals surface area contributed by atoms with Crippen molar-refractivity contribution < 1.29 is 0 Å². The largest absolute Gasteiger partial charge is 0.311 e. The maximum atomic E-state index is 9.42. The summed E-state index contributed by atoms with van der Waals surface area (Å²) in [5.41, 5.74) is 13.1. The number of benzene rings is 7. The van der Waals surface area contributed by atoms with Crippen LogP contribution in [0.4, 0.5) is 17.1 Å². The molecule has 212 valence electrons. The Hall–Kier alpha value is -6.17. The summed E-state index contributed by atoms with van der Waals surface area (Å²) in [5, 5.41) is 9.42. The van der Waals surface area contributed by atoms with Gasteiger partial charge in [-0.3, -0.25) is 0 Å². The zero-order valence-corrected chi connectivity index (χ0v) is 24.7. The van der Waals surface area contributed by atoms with Crippen molar-refractivity contribution in [2.24, 2.45) is 0 Å². The fourth-order valence-electron chi connectivity index (χ4n) is 5.91. The van der Waals surface area contributed by atoms with Crippen LogP contribution in [-0.4, -0.2) is 0 Å². The number of nitrogens with zero attached hydrogens (tertiary/aromatic N) is 2. The van der Waals surface area contributed by atoms with Crippen molar-refractivity contribution in [1.29, 1.82) is 5.26 Å². The Morgan fingerprint density at radius 2 is 0.644 bits per heavy atom. The predicted molar refractivity (Wildman–Crippen MR) is 188 cm³/mol. The highest BCUT2D eigenvalue weighted by Crippen LogP contribution is 2.43. The van der Waals surface area contributed by atoms with Crippen LogP contribution in [0.25, 0.3) is 44.5 Å². The molecule has 45 heavy (non-hydrogen) atoms. The van der Waals surface area contributed by atoms with Crippen molar-refractivity contribution in [2.75, 3.05) is 4.90 Å². The van der Waals surface area contributed by atoms with Gasteiger partial charge in [-0.05, 0) is 105 Å². The van der Waals surface area contributed by atoms with E-state index in [9.17, 15) is 5.26 Å². The highest BCUT2D eigenvalue weighted by atomic mass is 15.1. The summed E-state index contributed by atoms with van der Waals surface area (Å²) >= 11 is 0. The van der Waals surface area contributed by atoms with E-state index in [0.717, 1.165) is 61.6 Å². The zero-order chi connectivity index (χ0) is 30.4. The fraction of sp³-hybridized carbons (Fsp3) is 0. The second-order valence-corrected chi connectivity index (χ2v) is 10.9. The molecule has 0 saturated carbocycles. The van der Waals surface area contributed by atoms with Gasteiger partial charge in [0.25, 0.3) is 0 Å². The molecule has 0 radical (unpaired) electrons. The lowest BCUT2D eigenvalue weighted by Gasteiger charge is -2.25. The minimum atomic E-state index is 0.653. The number of anilines is 3. The van der Waals surface area contributed by atoms with Gasteiger partial charge in [-0.25, -0.2) is 0 Å². The minimum Gasteiger partial charge on any atom is -0.311 e. The number of hydrogen-bond acceptors (Lipinski definition) is 2. The molecule has 2 heteroatoms. The van der Waals surface area contributed by atoms with E-state index in [4.69, 9.17) is 0 Å². The smallest absolute Gasteiger partial charge is 0.0991 e. The van der Waals surface area contributed by atoms with Crippen LogP contribution in [0.2, 0.25) is 0 Å². The van der Waals surface area contributed by atoms with Gasteiger partial charge < -0.3 is 4.90 Å². The van der Waals surface area contributed by atoms with E-state index in [1.807, 2.05) is 42.5 Å². The van der Waals surface area contributed by atoms with Crippen molar-refractivity contribution in [3.05, 3.63) is 188 Å². The van der Waals surface area contributed by atoms with E-state index in [1.54, 1.807) is 0 Å². The standard InChI is InChI=1S/C43H30N2/c44-31-32-21-23-35(24-22-32)42-29-41(34-15-7-2-8-16-34)43(30-40(42)33-13-5-1-6-14-33)36-25-27-39(28-26-36)45(37-17-9-3-10-18-37)38-19-11-4-12-20-38/h1-30H. The maximum Gasteiger partial charge on any atom is 0.0991 e. The van der Waals surface area contributed by atoms with Crippen molar-refractivity contribution in [2.45, 2.75) is 0 Å². The lowest BCUT2D eigenvalue weighted by Crippen LogP contribution is -2.09. The molecule has 0 heterocycles. The van der Waals surface area contributed by atoms with Crippen LogP contribution in [0.3, 0.4) is 0 Å². The summed E-state index contributed by atoms with van der Waals surface area (Å²) in [6, 6.07) is 65.7. The normalized spacial score (nSPS) is 10.6. The molecule has 7 aromatic carbocycles. The Labute approximate surface area is 264 Å². The Morgan fingerprint density at radius 1 is 0.333 bits per heavy atom. The molecular weight excluding hydrogens is 544 g/mol. The van der Waals surface area contributed by atoms with Crippen LogP contribution in [0, 0.1) is 11.3 Å². The first kappa shape index (κ1) is 27.7. The van der Waals surface area contributed by atoms with Crippen LogP contribution >= 0.6 is 0 Å². The molecule has 0 amide bonds. The van der Waals surface area contributed by atoms with Gasteiger partial charge in [0.05, 0.1) is 11.6 Å². The van der Waals surface area contributed by atoms with Crippen LogP contribution in [0.1, 0.15) is 5.56 Å². The average molecular weight is 575 g/mol. The Bertz CT molecular complexity index is 2020. The first-order chi connectivity index (χ1) is 22.3. The van der Waals surface area contributed by atoms with Gasteiger partial charge in [0.15, 0.2) is 0 Å². The number of hydrogen-bond donors (Lipinski definition) is 0. The van der Waals surface area contributed by atoms with Crippen molar-refractivity contribution >= 4 is 17.1 Å². The molecule has 0 aliphatic heterocycles. The molecule has 2 nitrogen and oxygen atoms in total. The highest BCUT2D eigenvalue weighted by Gasteiger charge is 2.17. The Balaban J connectivity index is 1.41. The van der Waals surface area contributed by atoms with Crippen LogP contribution in [-0.2, 0) is 0 Å². The zero-order valence-electron chi connectivity index (χ0n) is 24.7. The summed E-state index contributed by atoms with van der Waals surface area (Å²) in [6.45, 7) is 0. The van der Waals surface area contributed by atoms with Gasteiger partial charge in [-0.15, -0.1) is 0 Å². The topological polar surface area (TPSA) is 27.0 Å². The molecule has 7 rings (SSSR count). The van der Waals surface area contributed by atoms with Crippen LogP contribution in [0.5, 0.6) is 0 Å². The van der Waals surface area contributed by atoms with E-state index in [0.29, 0.717) is 5.56 Å². The van der Waals surface area contributed by atoms with Crippen molar-refractivity contribution in [3.63, 3.8) is 0 Å². The molecule has 0 bridgehead atoms. The van der Waals surface area contributed by atoms with Crippen LogP contribution in [0.15, 0.2) is 182 Å². The first-order valence-corrected chi connectivity index (χ1v) is 15.1. The lowest BCUT2D eigenvalue weighted by molar-refractivity contribution is 1.28. The molecule has 0 spiro atoms. The van der Waals surface area contributed by atoms with E-state index in [-0.39, 0.29) is 0 Å². The molecular formula is C43H30N2. The van der Waals surface area contributed by atoms with Crippen molar-refractivity contribution in [1.82, 2.24) is 0 Å². The number of rotatable bonds is 7. The molecule has 0 unspecified atom stereocenters. The molecule has 0 fully saturated rings. The average Bonchev–Trinajstić information content (AvgIpc) is 3.13. The SMILES string of the molecule is N#Cc1ccc(-c2cc(-c3ccccc3)c(-c3ccc(N(c4ccccc4)c4ccccc4)cc3)cc2-c2ccccc2)cc1. The van der Waals surface area contributed by atoms with Crippen molar-refractivity contribution in [3.8, 4) is 50.6 Å². The molecule has 0 aliphatic rings. The Kier molecular flexibility index (Phi) is 7.74. The van der Waals surface area contributed by atoms with E-state index >= 15 is 0 Å². The summed E-state index contributed by atoms with van der Waals surface area (Å²) in [6.07, 6.45) is 0. The fourth-order valence-corrected chi connectivity index (χ4v) is 5.91. The molecule has 7 aromatic rings. The van der Waals surface area contributed by atoms with E-state index in [1.165, 1.54) is 0 Å². The van der Waals surface area contributed by atoms with Gasteiger partial charge in [-0.1, -0.05) is 121 Å². The third-order valence-electron chi connectivity index (χ3n) is 8.12. The molecule has 0 atom stereocenters. The van der Waals surface area contributed by atoms with E-state index < -0.39 is 0 Å². The third kappa shape index (κ3) is 5.76. The quantitative estimate of drug-likeness (QED) is 0.189. The van der Waals surface area contributed by atoms with Gasteiger partial charge in [0.2, 0.25) is 0 Å². The number of para-hydroxylation sites is 2.